The van der Waals surface area contributed by atoms with Crippen LogP contribution in [0, 0.1) is 11.3 Å². The first-order valence-corrected chi connectivity index (χ1v) is 11.4. The molecule has 6 nitrogen and oxygen atoms in total. The SMILES string of the molecule is N#Cc1nc(COc2ccc(Cl)cc2)oc1NC[C@H](c1ccc(Cl)cc1)N1CCCCC1. The number of rotatable bonds is 8. The van der Waals surface area contributed by atoms with Gasteiger partial charge < -0.3 is 14.5 Å². The van der Waals surface area contributed by atoms with Crippen molar-refractivity contribution in [2.75, 3.05) is 25.0 Å². The van der Waals surface area contributed by atoms with Crippen LogP contribution in [0.4, 0.5) is 5.88 Å². The van der Waals surface area contributed by atoms with Gasteiger partial charge in [-0.25, -0.2) is 0 Å². The predicted molar refractivity (Wildman–Crippen MR) is 125 cm³/mol. The van der Waals surface area contributed by atoms with Gasteiger partial charge in [0.1, 0.15) is 11.8 Å². The summed E-state index contributed by atoms with van der Waals surface area (Å²) >= 11 is 12.0. The molecule has 0 spiro atoms. The average molecular weight is 471 g/mol. The Balaban J connectivity index is 1.45. The van der Waals surface area contributed by atoms with Gasteiger partial charge in [0.05, 0.1) is 6.04 Å². The zero-order valence-corrected chi connectivity index (χ0v) is 19.1. The van der Waals surface area contributed by atoms with Crippen molar-refractivity contribution >= 4 is 29.1 Å². The monoisotopic (exact) mass is 470 g/mol. The molecule has 0 radical (unpaired) electrons. The Morgan fingerprint density at radius 2 is 1.69 bits per heavy atom. The third kappa shape index (κ3) is 5.74. The van der Waals surface area contributed by atoms with Crippen LogP contribution in [0.1, 0.15) is 42.5 Å². The van der Waals surface area contributed by atoms with Crippen molar-refractivity contribution in [3.05, 3.63) is 75.7 Å². The number of oxazole rings is 1. The lowest BCUT2D eigenvalue weighted by Gasteiger charge is -2.35. The van der Waals surface area contributed by atoms with E-state index in [0.29, 0.717) is 34.1 Å². The summed E-state index contributed by atoms with van der Waals surface area (Å²) in [6.45, 7) is 2.78. The van der Waals surface area contributed by atoms with Crippen molar-refractivity contribution in [2.45, 2.75) is 31.9 Å². The van der Waals surface area contributed by atoms with Gasteiger partial charge in [0.15, 0.2) is 6.61 Å². The van der Waals surface area contributed by atoms with Crippen molar-refractivity contribution in [3.63, 3.8) is 0 Å². The molecule has 3 aromatic rings. The van der Waals surface area contributed by atoms with Crippen LogP contribution >= 0.6 is 23.2 Å². The fourth-order valence-corrected chi connectivity index (χ4v) is 4.11. The number of anilines is 1. The second kappa shape index (κ2) is 10.7. The third-order valence-corrected chi connectivity index (χ3v) is 6.00. The Morgan fingerprint density at radius 3 is 2.34 bits per heavy atom. The number of piperidine rings is 1. The summed E-state index contributed by atoms with van der Waals surface area (Å²) in [7, 11) is 0. The molecule has 1 aliphatic heterocycles. The number of hydrogen-bond donors (Lipinski definition) is 1. The van der Waals surface area contributed by atoms with Gasteiger partial charge in [-0.2, -0.15) is 10.2 Å². The summed E-state index contributed by atoms with van der Waals surface area (Å²) in [4.78, 5) is 6.73. The molecule has 1 fully saturated rings. The van der Waals surface area contributed by atoms with Gasteiger partial charge in [0.2, 0.25) is 17.5 Å². The topological polar surface area (TPSA) is 74.3 Å². The number of hydrogen-bond acceptors (Lipinski definition) is 6. The van der Waals surface area contributed by atoms with E-state index in [1.807, 2.05) is 12.1 Å². The highest BCUT2D eigenvalue weighted by atomic mass is 35.5. The molecule has 1 N–H and O–H groups in total. The number of halogens is 2. The van der Waals surface area contributed by atoms with Crippen molar-refractivity contribution in [1.29, 1.82) is 5.26 Å². The lowest BCUT2D eigenvalue weighted by atomic mass is 10.0. The van der Waals surface area contributed by atoms with Gasteiger partial charge in [-0.1, -0.05) is 41.8 Å². The molecular weight excluding hydrogens is 447 g/mol. The molecule has 0 unspecified atom stereocenters. The third-order valence-electron chi connectivity index (χ3n) is 5.50. The number of ether oxygens (including phenoxy) is 1. The van der Waals surface area contributed by atoms with Gasteiger partial charge in [0.25, 0.3) is 0 Å². The van der Waals surface area contributed by atoms with E-state index in [1.165, 1.54) is 24.8 Å². The van der Waals surface area contributed by atoms with Crippen LogP contribution in [0.3, 0.4) is 0 Å². The van der Waals surface area contributed by atoms with Gasteiger partial charge >= 0.3 is 0 Å². The first-order chi connectivity index (χ1) is 15.6. The first kappa shape index (κ1) is 22.5. The number of likely N-dealkylation sites (tertiary alicyclic amines) is 1. The second-order valence-electron chi connectivity index (χ2n) is 7.68. The Hall–Kier alpha value is -2.72. The van der Waals surface area contributed by atoms with Crippen LogP contribution in [0.5, 0.6) is 5.75 Å². The lowest BCUT2D eigenvalue weighted by Crippen LogP contribution is -2.37. The number of nitrogens with zero attached hydrogens (tertiary/aromatic N) is 3. The van der Waals surface area contributed by atoms with Gasteiger partial charge in [-0.05, 0) is 67.9 Å². The highest BCUT2D eigenvalue weighted by Crippen LogP contribution is 2.27. The molecule has 8 heteroatoms. The zero-order chi connectivity index (χ0) is 22.3. The quantitative estimate of drug-likeness (QED) is 0.430. The van der Waals surface area contributed by atoms with E-state index in [-0.39, 0.29) is 18.3 Å². The van der Waals surface area contributed by atoms with Gasteiger partial charge in [-0.3, -0.25) is 4.90 Å². The maximum atomic E-state index is 9.52. The minimum absolute atomic E-state index is 0.116. The normalized spacial score (nSPS) is 15.2. The van der Waals surface area contributed by atoms with E-state index in [1.54, 1.807) is 24.3 Å². The Morgan fingerprint density at radius 1 is 1.03 bits per heavy atom. The summed E-state index contributed by atoms with van der Waals surface area (Å²) in [5, 5.41) is 14.2. The lowest BCUT2D eigenvalue weighted by molar-refractivity contribution is 0.170. The average Bonchev–Trinajstić information content (AvgIpc) is 3.23. The summed E-state index contributed by atoms with van der Waals surface area (Å²) in [6, 6.07) is 17.2. The fourth-order valence-electron chi connectivity index (χ4n) is 3.86. The van der Waals surface area contributed by atoms with Crippen LogP contribution in [-0.4, -0.2) is 29.5 Å². The molecular formula is C24H24Cl2N4O2. The van der Waals surface area contributed by atoms with E-state index >= 15 is 0 Å². The van der Waals surface area contributed by atoms with Crippen molar-refractivity contribution < 1.29 is 9.15 Å². The van der Waals surface area contributed by atoms with Gasteiger partial charge in [0, 0.05) is 16.6 Å². The van der Waals surface area contributed by atoms with Gasteiger partial charge in [-0.15, -0.1) is 0 Å². The maximum absolute atomic E-state index is 9.52. The first-order valence-electron chi connectivity index (χ1n) is 10.6. The Labute approximate surface area is 197 Å². The molecule has 4 rings (SSSR count). The molecule has 2 aromatic carbocycles. The highest BCUT2D eigenvalue weighted by Gasteiger charge is 2.23. The summed E-state index contributed by atoms with van der Waals surface area (Å²) in [6.07, 6.45) is 3.62. The number of benzene rings is 2. The smallest absolute Gasteiger partial charge is 0.236 e. The van der Waals surface area contributed by atoms with Crippen LogP contribution in [-0.2, 0) is 6.61 Å². The molecule has 166 valence electrons. The molecule has 2 heterocycles. The molecule has 1 saturated heterocycles. The molecule has 0 saturated carbocycles. The molecule has 0 aliphatic carbocycles. The fraction of sp³-hybridized carbons (Fsp3) is 0.333. The molecule has 0 amide bonds. The molecule has 32 heavy (non-hydrogen) atoms. The number of nitriles is 1. The second-order valence-corrected chi connectivity index (χ2v) is 8.56. The predicted octanol–water partition coefficient (Wildman–Crippen LogP) is 6.07. The molecule has 1 atom stereocenters. The van der Waals surface area contributed by atoms with Crippen LogP contribution in [0.25, 0.3) is 0 Å². The van der Waals surface area contributed by atoms with Crippen LogP contribution < -0.4 is 10.1 Å². The van der Waals surface area contributed by atoms with Crippen molar-refractivity contribution in [1.82, 2.24) is 9.88 Å². The minimum atomic E-state index is 0.116. The van der Waals surface area contributed by atoms with Crippen molar-refractivity contribution in [3.8, 4) is 11.8 Å². The van der Waals surface area contributed by atoms with Crippen molar-refractivity contribution in [2.24, 2.45) is 0 Å². The van der Waals surface area contributed by atoms with E-state index in [0.717, 1.165) is 13.1 Å². The summed E-state index contributed by atoms with van der Waals surface area (Å²) in [5.74, 6) is 1.34. The van der Waals surface area contributed by atoms with E-state index in [2.05, 4.69) is 33.4 Å². The van der Waals surface area contributed by atoms with Crippen LogP contribution in [0.2, 0.25) is 10.0 Å². The molecule has 0 bridgehead atoms. The van der Waals surface area contributed by atoms with E-state index in [4.69, 9.17) is 32.4 Å². The number of nitrogens with one attached hydrogen (secondary N) is 1. The maximum Gasteiger partial charge on any atom is 0.236 e. The zero-order valence-electron chi connectivity index (χ0n) is 17.6. The van der Waals surface area contributed by atoms with E-state index in [9.17, 15) is 5.26 Å². The van der Waals surface area contributed by atoms with E-state index < -0.39 is 0 Å². The Kier molecular flexibility index (Phi) is 7.54. The standard InChI is InChI=1S/C24H24Cl2N4O2/c25-18-6-4-17(5-7-18)22(30-12-2-1-3-13-30)15-28-24-21(14-27)29-23(32-24)16-31-20-10-8-19(26)9-11-20/h4-11,22,28H,1-3,12-13,15-16H2/t22-/m1/s1. The molecule has 1 aromatic heterocycles. The highest BCUT2D eigenvalue weighted by molar-refractivity contribution is 6.30. The van der Waals surface area contributed by atoms with Crippen LogP contribution in [0.15, 0.2) is 52.9 Å². The molecule has 1 aliphatic rings. The summed E-state index contributed by atoms with van der Waals surface area (Å²) in [5.41, 5.74) is 1.39. The summed E-state index contributed by atoms with van der Waals surface area (Å²) < 4.78 is 11.5. The Bertz CT molecular complexity index is 1060. The largest absolute Gasteiger partial charge is 0.484 e. The minimum Gasteiger partial charge on any atom is -0.484 e. The number of aromatic nitrogens is 1.